The Morgan fingerprint density at radius 1 is 1.15 bits per heavy atom. The highest BCUT2D eigenvalue weighted by Crippen LogP contribution is 2.65. The molecule has 182 valence electrons. The van der Waals surface area contributed by atoms with Crippen LogP contribution in [0.4, 0.5) is 0 Å². The molecule has 4 unspecified atom stereocenters. The zero-order valence-corrected chi connectivity index (χ0v) is 19.9. The van der Waals surface area contributed by atoms with Gasteiger partial charge in [-0.05, 0) is 68.5 Å². The summed E-state index contributed by atoms with van der Waals surface area (Å²) in [7, 11) is 0. The maximum Gasteiger partial charge on any atom is 0.311 e. The molecule has 4 aliphatic carbocycles. The minimum atomic E-state index is -0.984. The average Bonchev–Trinajstić information content (AvgIpc) is 3.33. The summed E-state index contributed by atoms with van der Waals surface area (Å²) in [4.78, 5) is 28.4. The summed E-state index contributed by atoms with van der Waals surface area (Å²) in [6.45, 7) is 1.92. The summed E-state index contributed by atoms with van der Waals surface area (Å²) < 4.78 is 12.2. The van der Waals surface area contributed by atoms with E-state index in [2.05, 4.69) is 11.0 Å². The van der Waals surface area contributed by atoms with Crippen LogP contribution in [0.2, 0.25) is 0 Å². The van der Waals surface area contributed by atoms with Crippen molar-refractivity contribution in [1.82, 2.24) is 4.90 Å². The van der Waals surface area contributed by atoms with Crippen molar-refractivity contribution in [2.45, 2.75) is 100 Å². The molecule has 2 bridgehead atoms. The van der Waals surface area contributed by atoms with E-state index < -0.39 is 17.1 Å². The van der Waals surface area contributed by atoms with Gasteiger partial charge in [0, 0.05) is 31.0 Å². The van der Waals surface area contributed by atoms with Gasteiger partial charge in [0.05, 0.1) is 11.0 Å². The lowest BCUT2D eigenvalue weighted by molar-refractivity contribution is -0.188. The number of carbonyl (C=O) groups excluding carboxylic acids is 2. The Kier molecular flexibility index (Phi) is 4.74. The Morgan fingerprint density at radius 2 is 1.97 bits per heavy atom. The van der Waals surface area contributed by atoms with Crippen molar-refractivity contribution in [2.24, 2.45) is 11.8 Å². The molecule has 6 heteroatoms. The Bertz CT molecular complexity index is 1040. The number of rotatable bonds is 6. The SMILES string of the molecule is O=C(CCC1CCCC1)Oc1ccc2c3c1OC1C(=O)CCC4(O)C(C2)N(CC2CC2)CCC314. The highest BCUT2D eigenvalue weighted by Gasteiger charge is 2.73. The zero-order chi connectivity index (χ0) is 23.1. The van der Waals surface area contributed by atoms with Gasteiger partial charge in [0.25, 0.3) is 0 Å². The highest BCUT2D eigenvalue weighted by molar-refractivity contribution is 5.90. The molecule has 0 radical (unpaired) electrons. The van der Waals surface area contributed by atoms with Crippen LogP contribution in [-0.4, -0.2) is 52.6 Å². The molecule has 1 saturated heterocycles. The zero-order valence-electron chi connectivity index (χ0n) is 19.9. The van der Waals surface area contributed by atoms with Crippen molar-refractivity contribution < 1.29 is 24.2 Å². The molecule has 1 aromatic rings. The van der Waals surface area contributed by atoms with E-state index in [0.29, 0.717) is 43.1 Å². The third kappa shape index (κ3) is 2.94. The fourth-order valence-electron chi connectivity index (χ4n) is 8.13. The Hall–Kier alpha value is -1.92. The molecule has 3 saturated carbocycles. The van der Waals surface area contributed by atoms with Gasteiger partial charge in [0.2, 0.25) is 0 Å². The van der Waals surface area contributed by atoms with E-state index in [-0.39, 0.29) is 17.8 Å². The Balaban J connectivity index is 1.23. The van der Waals surface area contributed by atoms with Crippen molar-refractivity contribution in [3.63, 3.8) is 0 Å². The van der Waals surface area contributed by atoms with E-state index in [1.807, 2.05) is 6.07 Å². The van der Waals surface area contributed by atoms with Crippen molar-refractivity contribution >= 4 is 11.8 Å². The molecular weight excluding hydrogens is 430 g/mol. The molecule has 4 fully saturated rings. The number of ketones is 1. The van der Waals surface area contributed by atoms with E-state index in [9.17, 15) is 14.7 Å². The second-order valence-electron chi connectivity index (χ2n) is 11.9. The van der Waals surface area contributed by atoms with Gasteiger partial charge in [-0.15, -0.1) is 0 Å². The lowest BCUT2D eigenvalue weighted by atomic mass is 9.49. The van der Waals surface area contributed by atoms with Crippen LogP contribution >= 0.6 is 0 Å². The summed E-state index contributed by atoms with van der Waals surface area (Å²) in [5, 5.41) is 12.3. The fraction of sp³-hybridized carbons (Fsp3) is 0.714. The first-order valence-corrected chi connectivity index (χ1v) is 13.5. The average molecular weight is 466 g/mol. The lowest BCUT2D eigenvalue weighted by Crippen LogP contribution is -2.76. The predicted octanol–water partition coefficient (Wildman–Crippen LogP) is 3.70. The van der Waals surface area contributed by atoms with Crippen molar-refractivity contribution in [3.05, 3.63) is 23.3 Å². The number of hydrogen-bond donors (Lipinski definition) is 1. The van der Waals surface area contributed by atoms with Gasteiger partial charge in [-0.1, -0.05) is 31.7 Å². The number of piperidine rings is 1. The van der Waals surface area contributed by atoms with Crippen LogP contribution in [0.15, 0.2) is 12.1 Å². The van der Waals surface area contributed by atoms with E-state index in [4.69, 9.17) is 9.47 Å². The first-order valence-electron chi connectivity index (χ1n) is 13.5. The first-order chi connectivity index (χ1) is 16.5. The molecule has 7 rings (SSSR count). The third-order valence-corrected chi connectivity index (χ3v) is 10.00. The molecule has 6 nitrogen and oxygen atoms in total. The van der Waals surface area contributed by atoms with Crippen LogP contribution in [-0.2, 0) is 21.4 Å². The predicted molar refractivity (Wildman–Crippen MR) is 125 cm³/mol. The van der Waals surface area contributed by atoms with E-state index >= 15 is 0 Å². The van der Waals surface area contributed by atoms with E-state index in [0.717, 1.165) is 43.0 Å². The van der Waals surface area contributed by atoms with Gasteiger partial charge in [0.15, 0.2) is 23.4 Å². The third-order valence-electron chi connectivity index (χ3n) is 10.00. The Morgan fingerprint density at radius 3 is 2.76 bits per heavy atom. The van der Waals surface area contributed by atoms with Crippen LogP contribution in [0.3, 0.4) is 0 Å². The lowest BCUT2D eigenvalue weighted by Gasteiger charge is -2.62. The first kappa shape index (κ1) is 21.4. The number of aliphatic hydroxyl groups is 1. The smallest absolute Gasteiger partial charge is 0.311 e. The highest BCUT2D eigenvalue weighted by atomic mass is 16.6. The van der Waals surface area contributed by atoms with Gasteiger partial charge in [0.1, 0.15) is 0 Å². The number of benzene rings is 1. The maximum atomic E-state index is 13.2. The standard InChI is InChI=1S/C28H35NO5/c30-20-11-12-28(32)22-15-19-8-9-21(33-23(31)10-7-17-3-1-2-4-17)25-24(19)27(28,26(20)34-25)13-14-29(22)16-18-5-6-18/h8-9,17-18,22,26,32H,1-7,10-16H2. The second kappa shape index (κ2) is 7.54. The van der Waals surface area contributed by atoms with Crippen molar-refractivity contribution in [2.75, 3.05) is 13.1 Å². The van der Waals surface area contributed by atoms with E-state index in [1.54, 1.807) is 0 Å². The normalized spacial score (nSPS) is 36.3. The molecule has 1 N–H and O–H groups in total. The van der Waals surface area contributed by atoms with Gasteiger partial charge in [-0.3, -0.25) is 14.5 Å². The van der Waals surface area contributed by atoms with Gasteiger partial charge in [-0.25, -0.2) is 0 Å². The van der Waals surface area contributed by atoms with Crippen LogP contribution < -0.4 is 9.47 Å². The quantitative estimate of drug-likeness (QED) is 0.510. The maximum absolute atomic E-state index is 13.2. The summed E-state index contributed by atoms with van der Waals surface area (Å²) in [6.07, 6.45) is 10.4. The van der Waals surface area contributed by atoms with Crippen molar-refractivity contribution in [1.29, 1.82) is 0 Å². The number of Topliss-reactive ketones (excluding diaryl/α,β-unsaturated/α-hetero) is 1. The van der Waals surface area contributed by atoms with E-state index in [1.165, 1.54) is 38.5 Å². The van der Waals surface area contributed by atoms with Crippen LogP contribution in [0.5, 0.6) is 11.5 Å². The minimum Gasteiger partial charge on any atom is -0.477 e. The number of carbonyl (C=O) groups is 2. The summed E-state index contributed by atoms with van der Waals surface area (Å²) in [5.74, 6) is 2.19. The van der Waals surface area contributed by atoms with Gasteiger partial charge >= 0.3 is 5.97 Å². The molecule has 0 aromatic heterocycles. The van der Waals surface area contributed by atoms with Crippen LogP contribution in [0.1, 0.15) is 81.8 Å². The van der Waals surface area contributed by atoms with Crippen LogP contribution in [0.25, 0.3) is 0 Å². The molecule has 34 heavy (non-hydrogen) atoms. The molecule has 2 aliphatic heterocycles. The summed E-state index contributed by atoms with van der Waals surface area (Å²) in [6, 6.07) is 3.92. The largest absolute Gasteiger partial charge is 0.477 e. The second-order valence-corrected chi connectivity index (χ2v) is 11.9. The fourth-order valence-corrected chi connectivity index (χ4v) is 8.13. The minimum absolute atomic E-state index is 0.0133. The number of hydrogen-bond acceptors (Lipinski definition) is 6. The molecule has 6 aliphatic rings. The number of likely N-dealkylation sites (tertiary alicyclic amines) is 1. The molecular formula is C28H35NO5. The number of ether oxygens (including phenoxy) is 2. The molecule has 0 amide bonds. The monoisotopic (exact) mass is 465 g/mol. The topological polar surface area (TPSA) is 76.1 Å². The van der Waals surface area contributed by atoms with Crippen molar-refractivity contribution in [3.8, 4) is 11.5 Å². The molecule has 4 atom stereocenters. The molecule has 1 aromatic carbocycles. The number of nitrogens with zero attached hydrogens (tertiary/aromatic N) is 1. The van der Waals surface area contributed by atoms with Gasteiger partial charge < -0.3 is 14.6 Å². The molecule has 2 heterocycles. The summed E-state index contributed by atoms with van der Waals surface area (Å²) in [5.41, 5.74) is 0.397. The Labute approximate surface area is 201 Å². The molecule has 1 spiro atoms. The number of esters is 1. The van der Waals surface area contributed by atoms with Crippen LogP contribution in [0, 0.1) is 11.8 Å². The van der Waals surface area contributed by atoms with Gasteiger partial charge in [-0.2, -0.15) is 0 Å². The summed E-state index contributed by atoms with van der Waals surface area (Å²) >= 11 is 0.